The first-order valence-corrected chi connectivity index (χ1v) is 22.3. The van der Waals surface area contributed by atoms with Crippen LogP contribution in [-0.2, 0) is 13.2 Å². The van der Waals surface area contributed by atoms with Crippen molar-refractivity contribution in [1.29, 1.82) is 0 Å². The van der Waals surface area contributed by atoms with Crippen LogP contribution in [0.25, 0.3) is 33.7 Å². The van der Waals surface area contributed by atoms with E-state index in [0.717, 1.165) is 33.2 Å². The van der Waals surface area contributed by atoms with E-state index in [1.165, 1.54) is 22.9 Å². The molecule has 0 amide bonds. The number of nitrogens with one attached hydrogen (secondary N) is 3. The Bertz CT molecular complexity index is 3170. The number of aliphatic hydroxyl groups excluding tert-OH is 2. The summed E-state index contributed by atoms with van der Waals surface area (Å²) in [5, 5.41) is 29.1. The summed E-state index contributed by atoms with van der Waals surface area (Å²) < 4.78 is 3.77. The average Bonchev–Trinajstić information content (AvgIpc) is 4.02. The minimum atomic E-state index is -0.0109. The number of benzene rings is 5. The normalized spacial score (nSPS) is 12.2. The molecule has 0 bridgehead atoms. The summed E-state index contributed by atoms with van der Waals surface area (Å²) in [4.78, 5) is 34.9. The molecule has 0 aliphatic carbocycles. The number of aliphatic hydroxyl groups is 2. The van der Waals surface area contributed by atoms with Crippen LogP contribution in [-0.4, -0.2) is 59.2 Å². The maximum absolute atomic E-state index is 9.38. The number of anilines is 3. The molecule has 0 fully saturated rings. The zero-order valence-electron chi connectivity index (χ0n) is 37.6. The van der Waals surface area contributed by atoms with E-state index >= 15 is 0 Å². The molecule has 0 saturated heterocycles. The topological polar surface area (TPSA) is 190 Å². The summed E-state index contributed by atoms with van der Waals surface area (Å²) >= 11 is 5.76. The maximum atomic E-state index is 9.38. The molecule has 0 spiro atoms. The van der Waals surface area contributed by atoms with E-state index in [1.807, 2.05) is 100 Å². The highest BCUT2D eigenvalue weighted by Gasteiger charge is 2.13. The molecule has 10 aromatic rings. The van der Waals surface area contributed by atoms with Gasteiger partial charge in [0, 0.05) is 18.1 Å². The van der Waals surface area contributed by atoms with Crippen molar-refractivity contribution in [1.82, 2.24) is 49.0 Å². The second-order valence-corrected chi connectivity index (χ2v) is 16.2. The summed E-state index contributed by atoms with van der Waals surface area (Å²) in [5.74, 6) is 3.44. The lowest BCUT2D eigenvalue weighted by molar-refractivity contribution is 0.282. The largest absolute Gasteiger partial charge is 0.392 e. The summed E-state index contributed by atoms with van der Waals surface area (Å²) in [7, 11) is 0. The van der Waals surface area contributed by atoms with Crippen LogP contribution < -0.4 is 16.0 Å². The molecule has 5 heterocycles. The predicted molar refractivity (Wildman–Crippen MR) is 268 cm³/mol. The van der Waals surface area contributed by atoms with Gasteiger partial charge in [-0.3, -0.25) is 24.1 Å². The van der Waals surface area contributed by atoms with Gasteiger partial charge >= 0.3 is 0 Å². The van der Waals surface area contributed by atoms with E-state index < -0.39 is 0 Å². The summed E-state index contributed by atoms with van der Waals surface area (Å²) in [6, 6.07) is 42.3. The Balaban J connectivity index is 0.000000142. The van der Waals surface area contributed by atoms with Crippen LogP contribution in [0.1, 0.15) is 66.7 Å². The highest BCUT2D eigenvalue weighted by molar-refractivity contribution is 6.29. The number of hydrogen-bond donors (Lipinski definition) is 5. The number of fused-ring (bicyclic) bond motifs is 2. The van der Waals surface area contributed by atoms with Gasteiger partial charge in [0.2, 0.25) is 0 Å². The molecule has 68 heavy (non-hydrogen) atoms. The first kappa shape index (κ1) is 46.4. The molecule has 5 aromatic heterocycles. The molecule has 5 N–H and O–H groups in total. The minimum Gasteiger partial charge on any atom is -0.392 e. The fourth-order valence-electron chi connectivity index (χ4n) is 7.31. The molecule has 0 unspecified atom stereocenters. The third-order valence-electron chi connectivity index (χ3n) is 10.9. The Hall–Kier alpha value is -8.11. The second-order valence-electron chi connectivity index (χ2n) is 15.8. The third kappa shape index (κ3) is 11.8. The average molecular weight is 925 g/mol. The molecule has 10 rings (SSSR count). The zero-order chi connectivity index (χ0) is 47.2. The maximum Gasteiger partial charge on any atom is 0.159 e. The van der Waals surface area contributed by atoms with Crippen molar-refractivity contribution in [2.24, 2.45) is 0 Å². The summed E-state index contributed by atoms with van der Waals surface area (Å²) in [6.45, 7) is 6.23. The molecule has 5 aromatic carbocycles. The Morgan fingerprint density at radius 1 is 0.471 bits per heavy atom. The molecule has 0 aliphatic rings. The Morgan fingerprint density at radius 3 is 1.38 bits per heavy atom. The third-order valence-corrected chi connectivity index (χ3v) is 11.1. The van der Waals surface area contributed by atoms with E-state index in [-0.39, 0.29) is 31.3 Å². The molecule has 16 heteroatoms. The van der Waals surface area contributed by atoms with Crippen LogP contribution >= 0.6 is 11.6 Å². The van der Waals surface area contributed by atoms with E-state index in [0.29, 0.717) is 34.2 Å². The Kier molecular flexibility index (Phi) is 15.3. The SMILES string of the molecule is C[C@H](Nc1cncc(-n2cnc3cc(CO)ccc32)n1)c1ccccc1.C[C@H](Nc1cncc(-n2cnc3ccc(CO)cc32)n1)c1ccccc1.C[C@H](Nc1cncc(Cl)n1)c1ccccc1. The van der Waals surface area contributed by atoms with Gasteiger partial charge in [0.1, 0.15) is 35.3 Å². The summed E-state index contributed by atoms with van der Waals surface area (Å²) in [5.41, 5.74) is 8.70. The van der Waals surface area contributed by atoms with Crippen LogP contribution in [0.2, 0.25) is 5.15 Å². The van der Waals surface area contributed by atoms with Crippen molar-refractivity contribution in [3.63, 3.8) is 0 Å². The van der Waals surface area contributed by atoms with Crippen LogP contribution in [0, 0.1) is 0 Å². The second kappa shape index (κ2) is 22.4. The Labute approximate surface area is 398 Å². The number of imidazole rings is 2. The quantitative estimate of drug-likeness (QED) is 0.0735. The highest BCUT2D eigenvalue weighted by Crippen LogP contribution is 2.24. The van der Waals surface area contributed by atoms with Gasteiger partial charge in [-0.1, -0.05) is 115 Å². The monoisotopic (exact) mass is 923 g/mol. The number of aromatic nitrogens is 10. The number of rotatable bonds is 13. The van der Waals surface area contributed by atoms with Crippen LogP contribution in [0.4, 0.5) is 17.5 Å². The molecule has 0 radical (unpaired) electrons. The van der Waals surface area contributed by atoms with Gasteiger partial charge in [-0.2, -0.15) is 0 Å². The van der Waals surface area contributed by atoms with Crippen molar-refractivity contribution in [3.05, 3.63) is 210 Å². The number of hydrogen-bond acceptors (Lipinski definition) is 13. The fraction of sp³-hybridized carbons (Fsp3) is 0.154. The molecular weight excluding hydrogens is 874 g/mol. The molecule has 15 nitrogen and oxygen atoms in total. The minimum absolute atomic E-state index is 0.000610. The van der Waals surface area contributed by atoms with Crippen molar-refractivity contribution in [3.8, 4) is 11.6 Å². The number of halogens is 1. The number of nitrogens with zero attached hydrogens (tertiary/aromatic N) is 10. The highest BCUT2D eigenvalue weighted by atomic mass is 35.5. The van der Waals surface area contributed by atoms with E-state index in [4.69, 9.17) is 11.6 Å². The van der Waals surface area contributed by atoms with Crippen LogP contribution in [0.3, 0.4) is 0 Å². The lowest BCUT2D eigenvalue weighted by Crippen LogP contribution is -2.09. The fourth-order valence-corrected chi connectivity index (χ4v) is 7.46. The first-order chi connectivity index (χ1) is 33.2. The van der Waals surface area contributed by atoms with Crippen LogP contribution in [0.15, 0.2) is 177 Å². The van der Waals surface area contributed by atoms with Gasteiger partial charge in [-0.05, 0) is 72.9 Å². The summed E-state index contributed by atoms with van der Waals surface area (Å²) in [6.07, 6.45) is 13.4. The molecule has 3 atom stereocenters. The predicted octanol–water partition coefficient (Wildman–Crippen LogP) is 10.3. The molecule has 0 saturated carbocycles. The van der Waals surface area contributed by atoms with Crippen molar-refractivity contribution < 1.29 is 10.2 Å². The van der Waals surface area contributed by atoms with Crippen molar-refractivity contribution in [2.45, 2.75) is 52.1 Å². The van der Waals surface area contributed by atoms with Crippen molar-refractivity contribution in [2.75, 3.05) is 16.0 Å². The standard InChI is InChI=1S/2C20H19N5O.C12H12ClN3/c1-14(16-5-3-2-4-6-16)23-19-10-21-11-20(24-19)25-13-22-17-9-15(12-26)7-8-18(17)25;1-14(16-5-3-2-4-6-16)23-19-10-21-11-20(24-19)25-13-22-17-8-7-15(12-26)9-18(17)25;1-9(10-5-3-2-4-6-10)15-12-8-14-7-11(13)16-12/h2*2-11,13-14,26H,12H2,1H3,(H,23,24);2-9H,1H3,(H,15,16)/t2*14-;9-/m000/s1. The van der Waals surface area contributed by atoms with Crippen molar-refractivity contribution >= 4 is 51.1 Å². The van der Waals surface area contributed by atoms with Gasteiger partial charge in [-0.25, -0.2) is 24.9 Å². The van der Waals surface area contributed by atoms with E-state index in [9.17, 15) is 10.2 Å². The van der Waals surface area contributed by atoms with Gasteiger partial charge in [0.25, 0.3) is 0 Å². The molecular formula is C52H50ClN13O2. The van der Waals surface area contributed by atoms with Gasteiger partial charge in [-0.15, -0.1) is 0 Å². The molecule has 342 valence electrons. The van der Waals surface area contributed by atoms with Gasteiger partial charge < -0.3 is 26.2 Å². The van der Waals surface area contributed by atoms with E-state index in [2.05, 4.69) is 113 Å². The van der Waals surface area contributed by atoms with Crippen LogP contribution in [0.5, 0.6) is 0 Å². The smallest absolute Gasteiger partial charge is 0.159 e. The lowest BCUT2D eigenvalue weighted by atomic mass is 10.1. The molecule has 0 aliphatic heterocycles. The zero-order valence-corrected chi connectivity index (χ0v) is 38.4. The van der Waals surface area contributed by atoms with Gasteiger partial charge in [0.05, 0.1) is 72.5 Å². The van der Waals surface area contributed by atoms with E-state index in [1.54, 1.807) is 43.6 Å². The van der Waals surface area contributed by atoms with Gasteiger partial charge in [0.15, 0.2) is 11.6 Å². The Morgan fingerprint density at radius 2 is 0.897 bits per heavy atom. The first-order valence-electron chi connectivity index (χ1n) is 21.9. The lowest BCUT2D eigenvalue weighted by Gasteiger charge is -2.15.